The summed E-state index contributed by atoms with van der Waals surface area (Å²) < 4.78 is 14.5. The number of rotatable bonds is 8. The summed E-state index contributed by atoms with van der Waals surface area (Å²) in [6, 6.07) is 0. The van der Waals surface area contributed by atoms with Crippen molar-refractivity contribution in [3.63, 3.8) is 0 Å². The van der Waals surface area contributed by atoms with Crippen LogP contribution in [-0.2, 0) is 19.0 Å². The Kier molecular flexibility index (Phi) is 9.06. The highest BCUT2D eigenvalue weighted by Crippen LogP contribution is 2.17. The van der Waals surface area contributed by atoms with E-state index in [1.54, 1.807) is 13.8 Å². The maximum atomic E-state index is 11.7. The van der Waals surface area contributed by atoms with Crippen molar-refractivity contribution < 1.29 is 23.8 Å². The second-order valence-corrected chi connectivity index (χ2v) is 4.40. The van der Waals surface area contributed by atoms with Crippen molar-refractivity contribution in [3.05, 3.63) is 0 Å². The zero-order valence-corrected chi connectivity index (χ0v) is 11.7. The molecule has 0 aromatic heterocycles. The van der Waals surface area contributed by atoms with Crippen molar-refractivity contribution in [3.8, 4) is 0 Å². The molecule has 0 amide bonds. The van der Waals surface area contributed by atoms with Gasteiger partial charge in [0.05, 0.1) is 25.7 Å². The molecule has 106 valence electrons. The van der Waals surface area contributed by atoms with E-state index in [2.05, 4.69) is 4.74 Å². The zero-order chi connectivity index (χ0) is 14.0. The maximum absolute atomic E-state index is 11.7. The third-order valence-corrected chi connectivity index (χ3v) is 2.32. The lowest BCUT2D eigenvalue weighted by Crippen LogP contribution is -2.22. The fourth-order valence-corrected chi connectivity index (χ4v) is 1.61. The molecule has 0 aliphatic heterocycles. The Morgan fingerprint density at radius 2 is 1.61 bits per heavy atom. The molecule has 0 aromatic carbocycles. The minimum Gasteiger partial charge on any atom is -0.466 e. The van der Waals surface area contributed by atoms with Gasteiger partial charge in [-0.25, -0.2) is 4.79 Å². The van der Waals surface area contributed by atoms with E-state index in [1.165, 1.54) is 0 Å². The van der Waals surface area contributed by atoms with E-state index < -0.39 is 6.16 Å². The van der Waals surface area contributed by atoms with E-state index in [0.717, 1.165) is 6.42 Å². The summed E-state index contributed by atoms with van der Waals surface area (Å²) in [5, 5.41) is 0. The Morgan fingerprint density at radius 3 is 2.11 bits per heavy atom. The van der Waals surface area contributed by atoms with Gasteiger partial charge in [-0.05, 0) is 32.6 Å². The van der Waals surface area contributed by atoms with E-state index in [-0.39, 0.29) is 25.1 Å². The van der Waals surface area contributed by atoms with Gasteiger partial charge in [-0.2, -0.15) is 0 Å². The van der Waals surface area contributed by atoms with Crippen LogP contribution in [0.3, 0.4) is 0 Å². The molecule has 0 rings (SSSR count). The Hall–Kier alpha value is -1.26. The number of hydrogen-bond acceptors (Lipinski definition) is 5. The lowest BCUT2D eigenvalue weighted by Gasteiger charge is -2.17. The average molecular weight is 260 g/mol. The average Bonchev–Trinajstić information content (AvgIpc) is 2.28. The third-order valence-electron chi connectivity index (χ3n) is 2.32. The second-order valence-electron chi connectivity index (χ2n) is 4.40. The first kappa shape index (κ1) is 16.7. The van der Waals surface area contributed by atoms with Gasteiger partial charge >= 0.3 is 12.1 Å². The highest BCUT2D eigenvalue weighted by Gasteiger charge is 2.21. The summed E-state index contributed by atoms with van der Waals surface area (Å²) in [6.45, 7) is 8.39. The number of hydrogen-bond donors (Lipinski definition) is 0. The lowest BCUT2D eigenvalue weighted by atomic mass is 9.94. The Labute approximate surface area is 109 Å². The molecule has 0 aliphatic rings. The van der Waals surface area contributed by atoms with Crippen molar-refractivity contribution in [2.45, 2.75) is 40.5 Å². The summed E-state index contributed by atoms with van der Waals surface area (Å²) in [7, 11) is 0. The third kappa shape index (κ3) is 7.92. The molecule has 0 heterocycles. The molecule has 0 spiro atoms. The van der Waals surface area contributed by atoms with Crippen LogP contribution in [0.5, 0.6) is 0 Å². The Balaban J connectivity index is 4.08. The van der Waals surface area contributed by atoms with Crippen LogP contribution in [0.2, 0.25) is 0 Å². The Morgan fingerprint density at radius 1 is 1.00 bits per heavy atom. The van der Waals surface area contributed by atoms with Gasteiger partial charge in [-0.1, -0.05) is 13.8 Å². The molecule has 0 saturated carbocycles. The van der Waals surface area contributed by atoms with E-state index in [9.17, 15) is 9.59 Å². The summed E-state index contributed by atoms with van der Waals surface area (Å²) >= 11 is 0. The molecule has 1 atom stereocenters. The fourth-order valence-electron chi connectivity index (χ4n) is 1.61. The molecule has 0 aromatic rings. The van der Waals surface area contributed by atoms with Crippen LogP contribution in [-0.4, -0.2) is 31.9 Å². The quantitative estimate of drug-likeness (QED) is 0.628. The van der Waals surface area contributed by atoms with Gasteiger partial charge in [-0.15, -0.1) is 0 Å². The van der Waals surface area contributed by atoms with Crippen molar-refractivity contribution in [1.82, 2.24) is 0 Å². The SMILES string of the molecule is CCOC(=O)OCCC(CC(C)C)C(=O)OCC. The van der Waals surface area contributed by atoms with Crippen molar-refractivity contribution in [2.75, 3.05) is 19.8 Å². The number of ether oxygens (including phenoxy) is 3. The molecular formula is C13H24O5. The van der Waals surface area contributed by atoms with E-state index >= 15 is 0 Å². The molecule has 0 radical (unpaired) electrons. The largest absolute Gasteiger partial charge is 0.508 e. The number of esters is 1. The first-order chi connectivity index (χ1) is 8.51. The maximum Gasteiger partial charge on any atom is 0.508 e. The van der Waals surface area contributed by atoms with Gasteiger partial charge in [-0.3, -0.25) is 4.79 Å². The monoisotopic (exact) mass is 260 g/mol. The van der Waals surface area contributed by atoms with Gasteiger partial charge in [0.25, 0.3) is 0 Å². The van der Waals surface area contributed by atoms with Crippen LogP contribution in [0.1, 0.15) is 40.5 Å². The minimum atomic E-state index is -0.690. The second kappa shape index (κ2) is 9.74. The molecule has 0 N–H and O–H groups in total. The van der Waals surface area contributed by atoms with E-state index in [4.69, 9.17) is 9.47 Å². The van der Waals surface area contributed by atoms with Crippen LogP contribution in [0.15, 0.2) is 0 Å². The van der Waals surface area contributed by atoms with Crippen LogP contribution >= 0.6 is 0 Å². The lowest BCUT2D eigenvalue weighted by molar-refractivity contribution is -0.149. The first-order valence-corrected chi connectivity index (χ1v) is 6.47. The molecule has 0 bridgehead atoms. The highest BCUT2D eigenvalue weighted by atomic mass is 16.7. The van der Waals surface area contributed by atoms with E-state index in [0.29, 0.717) is 18.9 Å². The minimum absolute atomic E-state index is 0.176. The van der Waals surface area contributed by atoms with Crippen molar-refractivity contribution in [2.24, 2.45) is 11.8 Å². The first-order valence-electron chi connectivity index (χ1n) is 6.47. The summed E-state index contributed by atoms with van der Waals surface area (Å²) in [6.07, 6.45) is 0.505. The smallest absolute Gasteiger partial charge is 0.466 e. The summed E-state index contributed by atoms with van der Waals surface area (Å²) in [5.41, 5.74) is 0. The predicted octanol–water partition coefficient (Wildman–Crippen LogP) is 2.78. The van der Waals surface area contributed by atoms with Gasteiger partial charge in [0.1, 0.15) is 0 Å². The van der Waals surface area contributed by atoms with Gasteiger partial charge < -0.3 is 14.2 Å². The molecule has 18 heavy (non-hydrogen) atoms. The van der Waals surface area contributed by atoms with Gasteiger partial charge in [0.15, 0.2) is 0 Å². The number of carbonyl (C=O) groups is 2. The van der Waals surface area contributed by atoms with Crippen molar-refractivity contribution in [1.29, 1.82) is 0 Å². The molecule has 0 fully saturated rings. The predicted molar refractivity (Wildman–Crippen MR) is 67.2 cm³/mol. The fraction of sp³-hybridized carbons (Fsp3) is 0.846. The normalized spacial score (nSPS) is 12.1. The molecule has 0 saturated heterocycles. The Bertz CT molecular complexity index is 250. The summed E-state index contributed by atoms with van der Waals surface area (Å²) in [4.78, 5) is 22.7. The molecular weight excluding hydrogens is 236 g/mol. The zero-order valence-electron chi connectivity index (χ0n) is 11.7. The van der Waals surface area contributed by atoms with Crippen LogP contribution in [0, 0.1) is 11.8 Å². The van der Waals surface area contributed by atoms with Crippen LogP contribution in [0.25, 0.3) is 0 Å². The van der Waals surface area contributed by atoms with Gasteiger partial charge in [0, 0.05) is 0 Å². The van der Waals surface area contributed by atoms with Crippen molar-refractivity contribution >= 4 is 12.1 Å². The molecule has 5 nitrogen and oxygen atoms in total. The molecule has 1 unspecified atom stereocenters. The topological polar surface area (TPSA) is 61.8 Å². The summed E-state index contributed by atoms with van der Waals surface area (Å²) in [5.74, 6) is -0.0555. The molecule has 5 heteroatoms. The standard InChI is InChI=1S/C13H24O5/c1-5-16-12(14)11(9-10(3)4)7-8-18-13(15)17-6-2/h10-11H,5-9H2,1-4H3. The van der Waals surface area contributed by atoms with Crippen LogP contribution in [0.4, 0.5) is 4.79 Å². The molecule has 0 aliphatic carbocycles. The number of carbonyl (C=O) groups excluding carboxylic acids is 2. The van der Waals surface area contributed by atoms with Crippen LogP contribution < -0.4 is 0 Å². The van der Waals surface area contributed by atoms with Gasteiger partial charge in [0.2, 0.25) is 0 Å². The van der Waals surface area contributed by atoms with E-state index in [1.807, 2.05) is 13.8 Å². The highest BCUT2D eigenvalue weighted by molar-refractivity contribution is 5.72.